The molecular formula is C20H14FN5O2S. The molecule has 0 radical (unpaired) electrons. The molecule has 0 N–H and O–H groups in total. The van der Waals surface area contributed by atoms with E-state index in [1.54, 1.807) is 30.0 Å². The summed E-state index contributed by atoms with van der Waals surface area (Å²) in [6, 6.07) is 13.7. The van der Waals surface area contributed by atoms with Crippen molar-refractivity contribution in [1.82, 2.24) is 24.8 Å². The number of hydrogen-bond acceptors (Lipinski definition) is 7. The highest BCUT2D eigenvalue weighted by molar-refractivity contribution is 7.19. The lowest BCUT2D eigenvalue weighted by Gasteiger charge is -2.08. The van der Waals surface area contributed by atoms with E-state index in [-0.39, 0.29) is 12.4 Å². The van der Waals surface area contributed by atoms with Crippen LogP contribution in [0.4, 0.5) is 4.39 Å². The van der Waals surface area contributed by atoms with Crippen molar-refractivity contribution in [2.24, 2.45) is 0 Å². The Morgan fingerprint density at radius 2 is 2.03 bits per heavy atom. The quantitative estimate of drug-likeness (QED) is 0.436. The van der Waals surface area contributed by atoms with Gasteiger partial charge in [-0.05, 0) is 30.3 Å². The minimum absolute atomic E-state index is 0.179. The van der Waals surface area contributed by atoms with Gasteiger partial charge in [-0.3, -0.25) is 4.98 Å². The van der Waals surface area contributed by atoms with E-state index >= 15 is 0 Å². The van der Waals surface area contributed by atoms with Crippen LogP contribution in [0.3, 0.4) is 0 Å². The monoisotopic (exact) mass is 407 g/mol. The van der Waals surface area contributed by atoms with Gasteiger partial charge in [-0.15, -0.1) is 10.2 Å². The van der Waals surface area contributed by atoms with E-state index in [1.165, 1.54) is 23.5 Å². The van der Waals surface area contributed by atoms with Crippen molar-refractivity contribution in [2.75, 3.05) is 7.11 Å². The Hall–Kier alpha value is -3.59. The van der Waals surface area contributed by atoms with Crippen molar-refractivity contribution in [3.05, 3.63) is 66.4 Å². The molecule has 5 aromatic rings. The smallest absolute Gasteiger partial charge is 0.235 e. The first-order valence-corrected chi connectivity index (χ1v) is 9.55. The maximum absolute atomic E-state index is 13.5. The van der Waals surface area contributed by atoms with Crippen molar-refractivity contribution < 1.29 is 13.9 Å². The minimum Gasteiger partial charge on any atom is -0.497 e. The van der Waals surface area contributed by atoms with Crippen LogP contribution in [0.15, 0.2) is 54.7 Å². The second-order valence-electron chi connectivity index (χ2n) is 6.21. The van der Waals surface area contributed by atoms with Gasteiger partial charge in [0.25, 0.3) is 0 Å². The molecule has 0 unspecified atom stereocenters. The number of pyridine rings is 1. The molecule has 5 rings (SSSR count). The molecular weight excluding hydrogens is 393 g/mol. The molecule has 0 atom stereocenters. The third-order valence-corrected chi connectivity index (χ3v) is 5.34. The minimum atomic E-state index is -0.307. The number of ether oxygens (including phenoxy) is 2. The molecule has 0 aliphatic heterocycles. The van der Waals surface area contributed by atoms with E-state index in [1.807, 2.05) is 24.3 Å². The Bertz CT molecular complexity index is 1330. The average Bonchev–Trinajstić information content (AvgIpc) is 3.33. The normalized spacial score (nSPS) is 11.2. The Morgan fingerprint density at radius 3 is 2.90 bits per heavy atom. The lowest BCUT2D eigenvalue weighted by atomic mass is 10.2. The van der Waals surface area contributed by atoms with Crippen LogP contribution in [0.2, 0.25) is 0 Å². The SMILES string of the molecule is COc1ccc2c(OCc3nnc4sc(-c5cccc(F)c5)nn34)ccnc2c1. The van der Waals surface area contributed by atoms with E-state index in [2.05, 4.69) is 20.3 Å². The zero-order valence-electron chi connectivity index (χ0n) is 15.2. The van der Waals surface area contributed by atoms with Crippen LogP contribution in [0.5, 0.6) is 11.5 Å². The molecule has 0 aliphatic carbocycles. The zero-order valence-corrected chi connectivity index (χ0v) is 16.1. The van der Waals surface area contributed by atoms with Gasteiger partial charge in [0.1, 0.15) is 28.9 Å². The summed E-state index contributed by atoms with van der Waals surface area (Å²) in [6.45, 7) is 0.179. The Labute approximate surface area is 168 Å². The van der Waals surface area contributed by atoms with Crippen molar-refractivity contribution in [1.29, 1.82) is 0 Å². The molecule has 0 saturated heterocycles. The van der Waals surface area contributed by atoms with Gasteiger partial charge in [0.15, 0.2) is 5.82 Å². The molecule has 0 amide bonds. The number of halogens is 1. The summed E-state index contributed by atoms with van der Waals surface area (Å²) in [6.07, 6.45) is 1.68. The second kappa shape index (κ2) is 7.10. The molecule has 0 bridgehead atoms. The topological polar surface area (TPSA) is 74.4 Å². The highest BCUT2D eigenvalue weighted by Gasteiger charge is 2.14. The van der Waals surface area contributed by atoms with Gasteiger partial charge >= 0.3 is 0 Å². The predicted molar refractivity (Wildman–Crippen MR) is 107 cm³/mol. The fraction of sp³-hybridized carbons (Fsp3) is 0.100. The van der Waals surface area contributed by atoms with E-state index in [4.69, 9.17) is 9.47 Å². The second-order valence-corrected chi connectivity index (χ2v) is 7.16. The summed E-state index contributed by atoms with van der Waals surface area (Å²) in [7, 11) is 1.62. The number of rotatable bonds is 5. The van der Waals surface area contributed by atoms with E-state index in [0.29, 0.717) is 27.1 Å². The number of nitrogens with zero attached hydrogens (tertiary/aromatic N) is 5. The van der Waals surface area contributed by atoms with E-state index in [9.17, 15) is 4.39 Å². The van der Waals surface area contributed by atoms with Crippen molar-refractivity contribution in [3.8, 4) is 22.1 Å². The van der Waals surface area contributed by atoms with Gasteiger partial charge in [0.2, 0.25) is 4.96 Å². The third kappa shape index (κ3) is 3.25. The fourth-order valence-electron chi connectivity index (χ4n) is 2.98. The standard InChI is InChI=1S/C20H14FN5O2S/c1-27-14-5-6-15-16(10-14)22-8-7-17(15)28-11-18-23-24-20-26(18)25-19(29-20)12-3-2-4-13(21)9-12/h2-10H,11H2,1H3. The maximum Gasteiger partial charge on any atom is 0.235 e. The molecule has 0 fully saturated rings. The highest BCUT2D eigenvalue weighted by atomic mass is 32.1. The number of fused-ring (bicyclic) bond motifs is 2. The Morgan fingerprint density at radius 1 is 1.10 bits per heavy atom. The fourth-order valence-corrected chi connectivity index (χ4v) is 3.84. The maximum atomic E-state index is 13.5. The Balaban J connectivity index is 1.43. The summed E-state index contributed by atoms with van der Waals surface area (Å²) in [5.74, 6) is 1.65. The first-order chi connectivity index (χ1) is 14.2. The van der Waals surface area contributed by atoms with Crippen LogP contribution in [-0.4, -0.2) is 31.9 Å². The van der Waals surface area contributed by atoms with Crippen LogP contribution in [0, 0.1) is 5.82 Å². The number of aromatic nitrogens is 5. The van der Waals surface area contributed by atoms with E-state index in [0.717, 1.165) is 16.7 Å². The molecule has 7 nitrogen and oxygen atoms in total. The van der Waals surface area contributed by atoms with Crippen molar-refractivity contribution >= 4 is 27.2 Å². The zero-order chi connectivity index (χ0) is 19.8. The average molecular weight is 407 g/mol. The van der Waals surface area contributed by atoms with Crippen LogP contribution >= 0.6 is 11.3 Å². The highest BCUT2D eigenvalue weighted by Crippen LogP contribution is 2.29. The Kier molecular flexibility index (Phi) is 4.28. The predicted octanol–water partition coefficient (Wildman–Crippen LogP) is 4.13. The number of methoxy groups -OCH3 is 1. The van der Waals surface area contributed by atoms with Crippen LogP contribution < -0.4 is 9.47 Å². The summed E-state index contributed by atoms with van der Waals surface area (Å²) in [4.78, 5) is 4.97. The summed E-state index contributed by atoms with van der Waals surface area (Å²) in [5, 5.41) is 14.4. The lowest BCUT2D eigenvalue weighted by molar-refractivity contribution is 0.296. The number of hydrogen-bond donors (Lipinski definition) is 0. The molecule has 144 valence electrons. The summed E-state index contributed by atoms with van der Waals surface area (Å²) in [5.41, 5.74) is 1.47. The third-order valence-electron chi connectivity index (χ3n) is 4.39. The van der Waals surface area contributed by atoms with Crippen LogP contribution in [-0.2, 0) is 6.61 Å². The van der Waals surface area contributed by atoms with Gasteiger partial charge in [-0.25, -0.2) is 4.39 Å². The molecule has 0 saturated carbocycles. The van der Waals surface area contributed by atoms with Gasteiger partial charge in [0, 0.05) is 23.2 Å². The molecule has 0 aliphatic rings. The molecule has 9 heteroatoms. The first-order valence-electron chi connectivity index (χ1n) is 8.74. The molecule has 2 aromatic carbocycles. The molecule has 29 heavy (non-hydrogen) atoms. The molecule has 3 heterocycles. The molecule has 0 spiro atoms. The van der Waals surface area contributed by atoms with Gasteiger partial charge < -0.3 is 9.47 Å². The lowest BCUT2D eigenvalue weighted by Crippen LogP contribution is -2.03. The van der Waals surface area contributed by atoms with Crippen LogP contribution in [0.25, 0.3) is 26.4 Å². The summed E-state index contributed by atoms with van der Waals surface area (Å²) < 4.78 is 26.4. The van der Waals surface area contributed by atoms with Gasteiger partial charge in [-0.2, -0.15) is 9.61 Å². The largest absolute Gasteiger partial charge is 0.497 e. The molecule has 3 aromatic heterocycles. The van der Waals surface area contributed by atoms with E-state index < -0.39 is 0 Å². The summed E-state index contributed by atoms with van der Waals surface area (Å²) >= 11 is 1.34. The van der Waals surface area contributed by atoms with Gasteiger partial charge in [0.05, 0.1) is 12.6 Å². The first kappa shape index (κ1) is 17.5. The van der Waals surface area contributed by atoms with Gasteiger partial charge in [-0.1, -0.05) is 23.5 Å². The van der Waals surface area contributed by atoms with Crippen LogP contribution in [0.1, 0.15) is 5.82 Å². The number of benzene rings is 2. The van der Waals surface area contributed by atoms with Crippen molar-refractivity contribution in [2.45, 2.75) is 6.61 Å². The van der Waals surface area contributed by atoms with Crippen molar-refractivity contribution in [3.63, 3.8) is 0 Å².